The number of hydrogen-bond acceptors (Lipinski definition) is 4. The molecule has 2 aliphatic rings. The molecule has 1 saturated heterocycles. The van der Waals surface area contributed by atoms with Crippen molar-refractivity contribution in [1.29, 1.82) is 0 Å². The minimum Gasteiger partial charge on any atom is -0.409 e. The molecule has 1 unspecified atom stereocenters. The van der Waals surface area contributed by atoms with E-state index in [4.69, 9.17) is 9.31 Å². The van der Waals surface area contributed by atoms with Gasteiger partial charge < -0.3 is 19.8 Å². The van der Waals surface area contributed by atoms with Gasteiger partial charge in [0.1, 0.15) is 0 Å². The van der Waals surface area contributed by atoms with E-state index in [9.17, 15) is 0 Å². The van der Waals surface area contributed by atoms with Crippen LogP contribution in [0.5, 0.6) is 0 Å². The van der Waals surface area contributed by atoms with Gasteiger partial charge in [-0.1, -0.05) is 63.3 Å². The maximum absolute atomic E-state index is 6.50. The average molecular weight is 392 g/mol. The van der Waals surface area contributed by atoms with E-state index in [-0.39, 0.29) is 31.0 Å². The van der Waals surface area contributed by atoms with E-state index in [0.29, 0.717) is 0 Å². The van der Waals surface area contributed by atoms with Crippen LogP contribution in [0.3, 0.4) is 0 Å². The van der Waals surface area contributed by atoms with Crippen LogP contribution in [0.1, 0.15) is 66.7 Å². The van der Waals surface area contributed by atoms with Gasteiger partial charge in [0.15, 0.2) is 0 Å². The summed E-state index contributed by atoms with van der Waals surface area (Å²) in [5.74, 6) is 0. The minimum atomic E-state index is -0.314. The summed E-state index contributed by atoms with van der Waals surface area (Å²) in [5, 5.41) is 10.1. The molecular weight excluding hydrogens is 358 g/mol. The Morgan fingerprint density at radius 2 is 1.45 bits per heavy atom. The molecule has 0 saturated carbocycles. The fourth-order valence-electron chi connectivity index (χ4n) is 4.50. The highest BCUT2D eigenvalue weighted by Crippen LogP contribution is 2.44. The Balaban J connectivity index is 1.60. The standard InChI is InChI=1S/C23H34B2N2O2/c1-6-7-8-9-16-20(25-28-22(2,3)23(4,5)29-25)24-26-18-14-10-12-17-13-11-15-19(27-24)21(17)18/h10-15,20,26-27H,6-9,16H2,1-5H3. The highest BCUT2D eigenvalue weighted by molar-refractivity contribution is 6.80. The second kappa shape index (κ2) is 7.88. The fraction of sp³-hybridized carbons (Fsp3) is 0.565. The number of rotatable bonds is 7. The summed E-state index contributed by atoms with van der Waals surface area (Å²) in [6.07, 6.45) is 6.04. The number of nitrogens with one attached hydrogen (secondary N) is 2. The molecule has 154 valence electrons. The van der Waals surface area contributed by atoms with Gasteiger partial charge in [0.05, 0.1) is 11.2 Å². The second-order valence-corrected chi connectivity index (χ2v) is 9.61. The van der Waals surface area contributed by atoms with Gasteiger partial charge in [-0.2, -0.15) is 0 Å². The molecule has 2 aromatic carbocycles. The lowest BCUT2D eigenvalue weighted by atomic mass is 9.44. The summed E-state index contributed by atoms with van der Waals surface area (Å²) in [5.41, 5.74) is 1.98. The first-order valence-electron chi connectivity index (χ1n) is 11.2. The molecule has 2 heterocycles. The van der Waals surface area contributed by atoms with Gasteiger partial charge in [0.2, 0.25) is 0 Å². The van der Waals surface area contributed by atoms with Crippen molar-refractivity contribution < 1.29 is 9.31 Å². The number of anilines is 2. The largest absolute Gasteiger partial charge is 0.457 e. The molecule has 1 atom stereocenters. The zero-order valence-corrected chi connectivity index (χ0v) is 18.5. The Morgan fingerprint density at radius 1 is 0.862 bits per heavy atom. The molecule has 6 heteroatoms. The summed E-state index contributed by atoms with van der Waals surface area (Å²) < 4.78 is 13.0. The van der Waals surface area contributed by atoms with Gasteiger partial charge in [-0.3, -0.25) is 0 Å². The molecule has 0 amide bonds. The first-order valence-corrected chi connectivity index (χ1v) is 11.2. The zero-order valence-electron chi connectivity index (χ0n) is 18.5. The van der Waals surface area contributed by atoms with Crippen molar-refractivity contribution in [2.24, 2.45) is 0 Å². The van der Waals surface area contributed by atoms with Gasteiger partial charge in [0.25, 0.3) is 0 Å². The van der Waals surface area contributed by atoms with E-state index in [1.165, 1.54) is 47.8 Å². The SMILES string of the molecule is CCCCCCC(B1Nc2cccc3cccc(c23)N1)B1OC(C)(C)C(C)(C)O1. The van der Waals surface area contributed by atoms with E-state index in [0.717, 1.165) is 6.42 Å². The molecule has 0 aromatic heterocycles. The molecule has 0 radical (unpaired) electrons. The van der Waals surface area contributed by atoms with Gasteiger partial charge in [-0.05, 0) is 45.2 Å². The Morgan fingerprint density at radius 3 is 2.00 bits per heavy atom. The molecule has 0 bridgehead atoms. The second-order valence-electron chi connectivity index (χ2n) is 9.61. The van der Waals surface area contributed by atoms with Crippen LogP contribution in [0.15, 0.2) is 36.4 Å². The Kier molecular flexibility index (Phi) is 5.60. The van der Waals surface area contributed by atoms with Crippen LogP contribution in [-0.4, -0.2) is 25.3 Å². The van der Waals surface area contributed by atoms with E-state index >= 15 is 0 Å². The monoisotopic (exact) mass is 392 g/mol. The van der Waals surface area contributed by atoms with Gasteiger partial charge in [-0.25, -0.2) is 0 Å². The van der Waals surface area contributed by atoms with Gasteiger partial charge in [0, 0.05) is 22.5 Å². The van der Waals surface area contributed by atoms with Crippen LogP contribution in [0.4, 0.5) is 11.4 Å². The smallest absolute Gasteiger partial charge is 0.409 e. The Labute approximate surface area is 176 Å². The first-order chi connectivity index (χ1) is 13.8. The van der Waals surface area contributed by atoms with Gasteiger partial charge >= 0.3 is 14.1 Å². The number of unbranched alkanes of at least 4 members (excludes halogenated alkanes) is 3. The predicted octanol–water partition coefficient (Wildman–Crippen LogP) is 6.14. The normalized spacial score (nSPS) is 20.4. The molecule has 2 N–H and O–H groups in total. The van der Waals surface area contributed by atoms with Crippen LogP contribution in [0.2, 0.25) is 5.72 Å². The summed E-state index contributed by atoms with van der Waals surface area (Å²) in [6.45, 7) is 10.9. The van der Waals surface area contributed by atoms with Crippen LogP contribution >= 0.6 is 0 Å². The minimum absolute atomic E-state index is 0.0758. The zero-order chi connectivity index (χ0) is 20.6. The maximum Gasteiger partial charge on any atom is 0.457 e. The highest BCUT2D eigenvalue weighted by Gasteiger charge is 2.56. The molecule has 0 spiro atoms. The van der Waals surface area contributed by atoms with Crippen LogP contribution in [0.25, 0.3) is 10.8 Å². The topological polar surface area (TPSA) is 42.5 Å². The maximum atomic E-state index is 6.50. The lowest BCUT2D eigenvalue weighted by Crippen LogP contribution is -2.48. The van der Waals surface area contributed by atoms with Crippen molar-refractivity contribution in [2.75, 3.05) is 10.5 Å². The van der Waals surface area contributed by atoms with Crippen molar-refractivity contribution in [3.8, 4) is 0 Å². The van der Waals surface area contributed by atoms with Gasteiger partial charge in [-0.15, -0.1) is 0 Å². The third kappa shape index (κ3) is 3.89. The van der Waals surface area contributed by atoms with Crippen molar-refractivity contribution >= 4 is 36.2 Å². The number of benzene rings is 2. The fourth-order valence-corrected chi connectivity index (χ4v) is 4.50. The average Bonchev–Trinajstić information content (AvgIpc) is 2.89. The molecule has 2 aromatic rings. The molecule has 29 heavy (non-hydrogen) atoms. The van der Waals surface area contributed by atoms with Crippen molar-refractivity contribution in [2.45, 2.75) is 83.6 Å². The Bertz CT molecular complexity index is 814. The Hall–Kier alpha value is -1.65. The molecule has 2 aliphatic heterocycles. The summed E-state index contributed by atoms with van der Waals surface area (Å²) >= 11 is 0. The number of hydrogen-bond donors (Lipinski definition) is 2. The first kappa shape index (κ1) is 20.6. The summed E-state index contributed by atoms with van der Waals surface area (Å²) in [7, 11) is -0.226. The lowest BCUT2D eigenvalue weighted by Gasteiger charge is -2.32. The summed E-state index contributed by atoms with van der Waals surface area (Å²) in [4.78, 5) is 0. The molecular formula is C23H34B2N2O2. The van der Waals surface area contributed by atoms with Crippen molar-refractivity contribution in [1.82, 2.24) is 0 Å². The molecule has 1 fully saturated rings. The quantitative estimate of drug-likeness (QED) is 0.439. The molecule has 0 aliphatic carbocycles. The van der Waals surface area contributed by atoms with E-state index in [1.807, 2.05) is 0 Å². The van der Waals surface area contributed by atoms with E-state index < -0.39 is 0 Å². The van der Waals surface area contributed by atoms with Crippen LogP contribution in [0, 0.1) is 0 Å². The third-order valence-corrected chi connectivity index (χ3v) is 6.97. The van der Waals surface area contributed by atoms with Crippen LogP contribution < -0.4 is 10.5 Å². The van der Waals surface area contributed by atoms with Crippen LogP contribution in [-0.2, 0) is 9.31 Å². The predicted molar refractivity (Wildman–Crippen MR) is 126 cm³/mol. The molecule has 4 rings (SSSR count). The summed E-state index contributed by atoms with van der Waals surface area (Å²) in [6, 6.07) is 12.9. The van der Waals surface area contributed by atoms with Crippen molar-refractivity contribution in [3.05, 3.63) is 36.4 Å². The third-order valence-electron chi connectivity index (χ3n) is 6.97. The molecule has 4 nitrogen and oxygen atoms in total. The van der Waals surface area contributed by atoms with E-state index in [1.54, 1.807) is 0 Å². The van der Waals surface area contributed by atoms with Crippen molar-refractivity contribution in [3.63, 3.8) is 0 Å². The highest BCUT2D eigenvalue weighted by atomic mass is 16.7. The lowest BCUT2D eigenvalue weighted by molar-refractivity contribution is 0.00578. The van der Waals surface area contributed by atoms with E-state index in [2.05, 4.69) is 81.5 Å².